The van der Waals surface area contributed by atoms with Crippen molar-refractivity contribution < 1.29 is 32.8 Å². The van der Waals surface area contributed by atoms with Gasteiger partial charge in [-0.2, -0.15) is 8.78 Å². The van der Waals surface area contributed by atoms with E-state index in [1.165, 1.54) is 6.92 Å². The van der Waals surface area contributed by atoms with Crippen molar-refractivity contribution in [3.8, 4) is 0 Å². The maximum absolute atomic E-state index is 14.6. The Morgan fingerprint density at radius 3 is 1.82 bits per heavy atom. The molecule has 0 fully saturated rings. The highest BCUT2D eigenvalue weighted by Gasteiger charge is 2.49. The highest BCUT2D eigenvalue weighted by atomic mass is 19.3. The highest BCUT2D eigenvalue weighted by Crippen LogP contribution is 2.26. The average Bonchev–Trinajstić information content (AvgIpc) is 2.79. The Labute approximate surface area is 226 Å². The van der Waals surface area contributed by atoms with Crippen LogP contribution in [0.3, 0.4) is 0 Å². The van der Waals surface area contributed by atoms with Crippen LogP contribution >= 0.6 is 0 Å². The van der Waals surface area contributed by atoms with Crippen LogP contribution in [0.1, 0.15) is 81.6 Å². The molecule has 0 spiro atoms. The predicted octanol–water partition coefficient (Wildman–Crippen LogP) is 2.90. The maximum atomic E-state index is 14.6. The molecule has 3 atom stereocenters. The molecule has 0 aliphatic heterocycles. The molecule has 0 heterocycles. The van der Waals surface area contributed by atoms with Crippen molar-refractivity contribution >= 4 is 29.4 Å². The Bertz CT molecular complexity index is 830. The first-order valence-corrected chi connectivity index (χ1v) is 13.4. The van der Waals surface area contributed by atoms with Gasteiger partial charge >= 0.3 is 5.92 Å². The van der Waals surface area contributed by atoms with E-state index < -0.39 is 65.8 Å². The minimum Gasteiger partial charge on any atom is -0.355 e. The number of carbonyl (C=O) groups excluding carboxylic acids is 5. The zero-order chi connectivity index (χ0) is 30.0. The summed E-state index contributed by atoms with van der Waals surface area (Å²) in [6, 6.07) is -3.15. The van der Waals surface area contributed by atoms with E-state index in [4.69, 9.17) is 5.73 Å². The number of rotatable bonds is 16. The summed E-state index contributed by atoms with van der Waals surface area (Å²) in [5, 5.41) is 5.22. The third-order valence-electron chi connectivity index (χ3n) is 6.03. The van der Waals surface area contributed by atoms with Crippen molar-refractivity contribution in [2.24, 2.45) is 35.3 Å². The maximum Gasteiger partial charge on any atom is 0.319 e. The van der Waals surface area contributed by atoms with Gasteiger partial charge < -0.3 is 16.4 Å². The molecule has 38 heavy (non-hydrogen) atoms. The highest BCUT2D eigenvalue weighted by molar-refractivity contribution is 6.10. The monoisotopic (exact) mass is 546 g/mol. The zero-order valence-corrected chi connectivity index (χ0v) is 24.4. The lowest BCUT2D eigenvalue weighted by Crippen LogP contribution is -2.62. The first kappa shape index (κ1) is 35.6. The van der Waals surface area contributed by atoms with E-state index in [1.807, 2.05) is 27.7 Å². The smallest absolute Gasteiger partial charge is 0.319 e. The fourth-order valence-corrected chi connectivity index (χ4v) is 3.76. The molecule has 0 aromatic heterocycles. The molecule has 3 unspecified atom stereocenters. The van der Waals surface area contributed by atoms with Crippen LogP contribution in [0.2, 0.25) is 0 Å². The second-order valence-electron chi connectivity index (χ2n) is 11.5. The van der Waals surface area contributed by atoms with E-state index in [2.05, 4.69) is 10.6 Å². The van der Waals surface area contributed by atoms with Gasteiger partial charge in [0.1, 0.15) is 18.0 Å². The second-order valence-corrected chi connectivity index (χ2v) is 11.5. The molecule has 9 nitrogen and oxygen atoms in total. The van der Waals surface area contributed by atoms with Gasteiger partial charge in [-0.15, -0.1) is 0 Å². The molecular formula is C27H48F2N4O5. The molecule has 4 N–H and O–H groups in total. The van der Waals surface area contributed by atoms with Crippen molar-refractivity contribution in [2.75, 3.05) is 13.1 Å². The zero-order valence-electron chi connectivity index (χ0n) is 24.4. The molecule has 0 radical (unpaired) electrons. The van der Waals surface area contributed by atoms with Crippen LogP contribution in [0.25, 0.3) is 0 Å². The number of carbonyl (C=O) groups is 5. The molecule has 0 aromatic carbocycles. The second kappa shape index (κ2) is 15.9. The van der Waals surface area contributed by atoms with Gasteiger partial charge in [0.15, 0.2) is 0 Å². The normalized spacial score (nSPS) is 14.4. The molecule has 0 saturated carbocycles. The quantitative estimate of drug-likeness (QED) is 0.255. The van der Waals surface area contributed by atoms with E-state index in [0.29, 0.717) is 11.3 Å². The van der Waals surface area contributed by atoms with Gasteiger partial charge in [0.2, 0.25) is 23.5 Å². The number of halogens is 2. The summed E-state index contributed by atoms with van der Waals surface area (Å²) >= 11 is 0. The van der Waals surface area contributed by atoms with Crippen molar-refractivity contribution in [2.45, 2.75) is 99.6 Å². The van der Waals surface area contributed by atoms with E-state index in [0.717, 1.165) is 0 Å². The van der Waals surface area contributed by atoms with Crippen LogP contribution in [-0.2, 0) is 24.0 Å². The van der Waals surface area contributed by atoms with Crippen LogP contribution in [-0.4, -0.2) is 65.4 Å². The van der Waals surface area contributed by atoms with Crippen molar-refractivity contribution in [1.82, 2.24) is 15.5 Å². The van der Waals surface area contributed by atoms with Crippen molar-refractivity contribution in [3.05, 3.63) is 0 Å². The summed E-state index contributed by atoms with van der Waals surface area (Å²) in [5.74, 6) is -11.1. The lowest BCUT2D eigenvalue weighted by molar-refractivity contribution is -0.163. The number of nitrogens with one attached hydrogen (secondary N) is 2. The van der Waals surface area contributed by atoms with Gasteiger partial charge in [-0.05, 0) is 43.4 Å². The van der Waals surface area contributed by atoms with Crippen LogP contribution < -0.4 is 16.4 Å². The fraction of sp³-hybridized carbons (Fsp3) is 0.815. The van der Waals surface area contributed by atoms with E-state index in [1.54, 1.807) is 27.7 Å². The molecule has 220 valence electrons. The topological polar surface area (TPSA) is 139 Å². The number of hydrogen-bond acceptors (Lipinski definition) is 6. The summed E-state index contributed by atoms with van der Waals surface area (Å²) in [4.78, 5) is 66.3. The lowest BCUT2D eigenvalue weighted by Gasteiger charge is -2.36. The summed E-state index contributed by atoms with van der Waals surface area (Å²) < 4.78 is 29.2. The standard InChI is InChI=1S/C27H48F2N4O5/c1-15(2)10-11-31-24(36)19(9)25(37)33(20(12-16(3)4)23(35)27(28,29)14-30)26(38)22(18(7)8)32-21(34)13-17(5)6/h15-20,22H,10-14,30H2,1-9H3,(H,31,36)(H,32,34). The van der Waals surface area contributed by atoms with Gasteiger partial charge in [0.25, 0.3) is 5.91 Å². The van der Waals surface area contributed by atoms with Gasteiger partial charge in [-0.25, -0.2) is 0 Å². The minimum atomic E-state index is -4.00. The van der Waals surface area contributed by atoms with E-state index in [-0.39, 0.29) is 37.1 Å². The number of hydrogen-bond donors (Lipinski definition) is 3. The number of nitrogens with two attached hydrogens (primary N) is 1. The Hall–Kier alpha value is -2.43. The average molecular weight is 547 g/mol. The molecule has 0 saturated heterocycles. The third-order valence-corrected chi connectivity index (χ3v) is 6.03. The van der Waals surface area contributed by atoms with Gasteiger partial charge in [-0.3, -0.25) is 28.9 Å². The Morgan fingerprint density at radius 1 is 0.842 bits per heavy atom. The van der Waals surface area contributed by atoms with Crippen LogP contribution in [0.5, 0.6) is 0 Å². The Kier molecular flexibility index (Phi) is 14.8. The van der Waals surface area contributed by atoms with E-state index >= 15 is 0 Å². The largest absolute Gasteiger partial charge is 0.355 e. The lowest BCUT2D eigenvalue weighted by atomic mass is 9.92. The number of imide groups is 1. The summed E-state index contributed by atoms with van der Waals surface area (Å²) in [6.07, 6.45) is 0.473. The van der Waals surface area contributed by atoms with E-state index in [9.17, 15) is 32.8 Å². The number of ketones is 1. The van der Waals surface area contributed by atoms with Crippen LogP contribution in [0, 0.1) is 29.6 Å². The molecule has 0 rings (SSSR count). The number of amides is 4. The summed E-state index contributed by atoms with van der Waals surface area (Å²) in [6.45, 7) is 14.3. The third kappa shape index (κ3) is 11.1. The number of alkyl halides is 2. The molecule has 0 aliphatic rings. The summed E-state index contributed by atoms with van der Waals surface area (Å²) in [5.41, 5.74) is 5.16. The van der Waals surface area contributed by atoms with Gasteiger partial charge in [0, 0.05) is 13.0 Å². The summed E-state index contributed by atoms with van der Waals surface area (Å²) in [7, 11) is 0. The van der Waals surface area contributed by atoms with Gasteiger partial charge in [-0.1, -0.05) is 55.4 Å². The molecule has 4 amide bonds. The molecule has 0 bridgehead atoms. The van der Waals surface area contributed by atoms with Gasteiger partial charge in [0.05, 0.1) is 6.54 Å². The molecule has 0 aromatic rings. The fourth-order valence-electron chi connectivity index (χ4n) is 3.76. The predicted molar refractivity (Wildman–Crippen MR) is 142 cm³/mol. The van der Waals surface area contributed by atoms with Crippen LogP contribution in [0.4, 0.5) is 8.78 Å². The van der Waals surface area contributed by atoms with Crippen molar-refractivity contribution in [1.29, 1.82) is 0 Å². The van der Waals surface area contributed by atoms with Crippen molar-refractivity contribution in [3.63, 3.8) is 0 Å². The minimum absolute atomic E-state index is 0.0243. The molecule has 0 aliphatic carbocycles. The first-order valence-electron chi connectivity index (χ1n) is 13.4. The molecular weight excluding hydrogens is 498 g/mol. The Morgan fingerprint density at radius 2 is 1.39 bits per heavy atom. The van der Waals surface area contributed by atoms with Crippen LogP contribution in [0.15, 0.2) is 0 Å². The Balaban J connectivity index is 6.62. The SMILES string of the molecule is CC(C)CCNC(=O)C(C)C(=O)N(C(=O)C(NC(=O)CC(C)C)C(C)C)C(CC(C)C)C(=O)C(F)(F)CN. The number of nitrogens with zero attached hydrogens (tertiary/aromatic N) is 1. The first-order chi connectivity index (χ1) is 17.4. The number of Topliss-reactive ketones (excluding diaryl/α,β-unsaturated/α-hetero) is 1. The molecule has 11 heteroatoms.